The third kappa shape index (κ3) is 4.72. The van der Waals surface area contributed by atoms with E-state index < -0.39 is 0 Å². The van der Waals surface area contributed by atoms with Gasteiger partial charge in [-0.2, -0.15) is 0 Å². The van der Waals surface area contributed by atoms with Gasteiger partial charge in [0.2, 0.25) is 5.91 Å². The van der Waals surface area contributed by atoms with Crippen molar-refractivity contribution in [2.24, 2.45) is 5.92 Å². The fourth-order valence-corrected chi connectivity index (χ4v) is 6.29. The monoisotopic (exact) mass is 482 g/mol. The minimum absolute atomic E-state index is 0.0288. The van der Waals surface area contributed by atoms with Crippen LogP contribution in [0.4, 0.5) is 0 Å². The number of hydrogen-bond donors (Lipinski definition) is 0. The molecule has 7 nitrogen and oxygen atoms in total. The first kappa shape index (κ1) is 23.3. The van der Waals surface area contributed by atoms with Crippen LogP contribution in [0.15, 0.2) is 46.6 Å². The van der Waals surface area contributed by atoms with Gasteiger partial charge in [0.15, 0.2) is 0 Å². The lowest BCUT2D eigenvalue weighted by Crippen LogP contribution is -2.46. The van der Waals surface area contributed by atoms with E-state index in [9.17, 15) is 9.59 Å². The van der Waals surface area contributed by atoms with E-state index in [4.69, 9.17) is 4.74 Å². The molecule has 0 saturated carbocycles. The maximum Gasteiger partial charge on any atom is 0.329 e. The minimum Gasteiger partial charge on any atom is -0.383 e. The quantitative estimate of drug-likeness (QED) is 0.517. The summed E-state index contributed by atoms with van der Waals surface area (Å²) in [5.41, 5.74) is 1.96. The second kappa shape index (κ2) is 10.5. The van der Waals surface area contributed by atoms with Crippen LogP contribution in [0.3, 0.4) is 0 Å². The predicted molar refractivity (Wildman–Crippen MR) is 135 cm³/mol. The number of thiophene rings is 1. The van der Waals surface area contributed by atoms with E-state index in [1.54, 1.807) is 18.4 Å². The fraction of sp³-hybridized carbons (Fsp3) is 0.538. The molecule has 0 unspecified atom stereocenters. The molecule has 3 aromatic rings. The Balaban J connectivity index is 1.20. The number of carbonyl (C=O) groups is 1. The molecule has 2 aliphatic heterocycles. The highest BCUT2D eigenvalue weighted by atomic mass is 32.1. The summed E-state index contributed by atoms with van der Waals surface area (Å²) in [6.07, 6.45) is 3.52. The lowest BCUT2D eigenvalue weighted by atomic mass is 9.93. The molecule has 4 heterocycles. The molecule has 0 bridgehead atoms. The third-order valence-electron chi connectivity index (χ3n) is 7.43. The predicted octanol–water partition coefficient (Wildman–Crippen LogP) is 3.59. The number of benzene rings is 1. The van der Waals surface area contributed by atoms with Crippen LogP contribution < -0.4 is 5.69 Å². The molecule has 2 aliphatic rings. The van der Waals surface area contributed by atoms with Crippen molar-refractivity contribution in [2.45, 2.75) is 44.8 Å². The summed E-state index contributed by atoms with van der Waals surface area (Å²) < 4.78 is 8.99. The molecule has 0 radical (unpaired) electrons. The first-order valence-electron chi connectivity index (χ1n) is 12.4. The number of carbonyl (C=O) groups excluding carboxylic acids is 1. The van der Waals surface area contributed by atoms with Gasteiger partial charge >= 0.3 is 5.69 Å². The first-order valence-corrected chi connectivity index (χ1v) is 13.3. The Morgan fingerprint density at radius 1 is 1.00 bits per heavy atom. The van der Waals surface area contributed by atoms with Gasteiger partial charge in [0.05, 0.1) is 24.2 Å². The van der Waals surface area contributed by atoms with Gasteiger partial charge in [0, 0.05) is 43.6 Å². The Morgan fingerprint density at radius 3 is 2.41 bits per heavy atom. The number of ether oxygens (including phenoxy) is 1. The molecule has 182 valence electrons. The van der Waals surface area contributed by atoms with Crippen LogP contribution in [0.5, 0.6) is 0 Å². The van der Waals surface area contributed by atoms with Crippen molar-refractivity contribution in [1.29, 1.82) is 0 Å². The van der Waals surface area contributed by atoms with Crippen LogP contribution in [-0.4, -0.2) is 64.7 Å². The maximum absolute atomic E-state index is 13.3. The number of amides is 1. The number of hydrogen-bond acceptors (Lipinski definition) is 5. The van der Waals surface area contributed by atoms with Crippen molar-refractivity contribution < 1.29 is 9.53 Å². The van der Waals surface area contributed by atoms with Crippen molar-refractivity contribution in [3.8, 4) is 0 Å². The van der Waals surface area contributed by atoms with E-state index in [0.29, 0.717) is 19.1 Å². The lowest BCUT2D eigenvalue weighted by molar-refractivity contribution is -0.138. The molecule has 0 spiro atoms. The maximum atomic E-state index is 13.3. The minimum atomic E-state index is 0.0288. The molecule has 8 heteroatoms. The second-order valence-electron chi connectivity index (χ2n) is 9.47. The Labute approximate surface area is 204 Å². The number of para-hydroxylation sites is 2. The number of piperidine rings is 2. The molecule has 2 fully saturated rings. The number of aromatic nitrogens is 2. The van der Waals surface area contributed by atoms with E-state index in [0.717, 1.165) is 69.4 Å². The van der Waals surface area contributed by atoms with Gasteiger partial charge in [-0.15, -0.1) is 11.3 Å². The van der Waals surface area contributed by atoms with E-state index in [-0.39, 0.29) is 17.6 Å². The number of fused-ring (bicyclic) bond motifs is 1. The lowest BCUT2D eigenvalue weighted by Gasteiger charge is -2.37. The van der Waals surface area contributed by atoms with Crippen molar-refractivity contribution in [2.75, 3.05) is 39.9 Å². The van der Waals surface area contributed by atoms with Crippen molar-refractivity contribution in [3.05, 3.63) is 57.1 Å². The van der Waals surface area contributed by atoms with Gasteiger partial charge in [-0.25, -0.2) is 4.79 Å². The van der Waals surface area contributed by atoms with Gasteiger partial charge < -0.3 is 9.64 Å². The zero-order valence-corrected chi connectivity index (χ0v) is 20.7. The van der Waals surface area contributed by atoms with Gasteiger partial charge in [-0.1, -0.05) is 18.2 Å². The highest BCUT2D eigenvalue weighted by Gasteiger charge is 2.32. The van der Waals surface area contributed by atoms with Gasteiger partial charge in [0.1, 0.15) is 0 Å². The van der Waals surface area contributed by atoms with Crippen LogP contribution in [0.25, 0.3) is 11.0 Å². The van der Waals surface area contributed by atoms with Gasteiger partial charge in [-0.3, -0.25) is 18.8 Å². The number of likely N-dealkylation sites (tertiary alicyclic amines) is 2. The zero-order chi connectivity index (χ0) is 23.5. The number of nitrogens with zero attached hydrogens (tertiary/aromatic N) is 4. The largest absolute Gasteiger partial charge is 0.383 e. The highest BCUT2D eigenvalue weighted by molar-refractivity contribution is 7.09. The topological polar surface area (TPSA) is 59.7 Å². The van der Waals surface area contributed by atoms with Crippen LogP contribution in [-0.2, 0) is 22.6 Å². The van der Waals surface area contributed by atoms with Crippen LogP contribution in [0, 0.1) is 5.92 Å². The zero-order valence-electron chi connectivity index (χ0n) is 19.9. The molecule has 0 atom stereocenters. The van der Waals surface area contributed by atoms with Crippen molar-refractivity contribution in [1.82, 2.24) is 18.9 Å². The molecule has 2 saturated heterocycles. The second-order valence-corrected chi connectivity index (χ2v) is 10.5. The summed E-state index contributed by atoms with van der Waals surface area (Å²) in [6.45, 7) is 5.48. The Morgan fingerprint density at radius 2 is 1.74 bits per heavy atom. The summed E-state index contributed by atoms with van der Waals surface area (Å²) in [5, 5.41) is 2.13. The molecular weight excluding hydrogens is 448 g/mol. The van der Waals surface area contributed by atoms with E-state index in [1.165, 1.54) is 4.88 Å². The molecule has 1 amide bonds. The standard InChI is InChI=1S/C26H34N4O3S/c1-33-17-16-29-23-6-2-3-7-24(23)30(26(29)32)21-10-14-28(15-11-21)25(31)20-8-12-27(13-9-20)19-22-5-4-18-34-22/h2-7,18,20-21H,8-17,19H2,1H3. The van der Waals surface area contributed by atoms with Gasteiger partial charge in [0.25, 0.3) is 0 Å². The van der Waals surface area contributed by atoms with E-state index >= 15 is 0 Å². The average Bonchev–Trinajstić information content (AvgIpc) is 3.48. The summed E-state index contributed by atoms with van der Waals surface area (Å²) >= 11 is 1.80. The van der Waals surface area contributed by atoms with Crippen LogP contribution >= 0.6 is 11.3 Å². The number of rotatable bonds is 7. The smallest absolute Gasteiger partial charge is 0.329 e. The SMILES string of the molecule is COCCn1c(=O)n(C2CCN(C(=O)C3CCN(Cc4cccs4)CC3)CC2)c2ccccc21. The number of imidazole rings is 1. The van der Waals surface area contributed by atoms with Gasteiger partial charge in [-0.05, 0) is 62.4 Å². The number of methoxy groups -OCH3 is 1. The summed E-state index contributed by atoms with van der Waals surface area (Å²) in [7, 11) is 1.66. The molecule has 2 aromatic heterocycles. The Bertz CT molecular complexity index is 1150. The Kier molecular flexibility index (Phi) is 7.18. The highest BCUT2D eigenvalue weighted by Crippen LogP contribution is 2.28. The Hall–Kier alpha value is -2.42. The average molecular weight is 483 g/mol. The summed E-state index contributed by atoms with van der Waals surface area (Å²) in [6, 6.07) is 12.4. The molecule has 0 aliphatic carbocycles. The molecule has 34 heavy (non-hydrogen) atoms. The van der Waals surface area contributed by atoms with Crippen molar-refractivity contribution in [3.63, 3.8) is 0 Å². The van der Waals surface area contributed by atoms with Crippen LogP contribution in [0.1, 0.15) is 36.6 Å². The normalized spacial score (nSPS) is 18.7. The fourth-order valence-electron chi connectivity index (χ4n) is 5.55. The van der Waals surface area contributed by atoms with E-state index in [2.05, 4.69) is 22.4 Å². The molecule has 1 aromatic carbocycles. The molecular formula is C26H34N4O3S. The summed E-state index contributed by atoms with van der Waals surface area (Å²) in [5.74, 6) is 0.443. The summed E-state index contributed by atoms with van der Waals surface area (Å²) in [4.78, 5) is 32.4. The molecule has 0 N–H and O–H groups in total. The van der Waals surface area contributed by atoms with Crippen LogP contribution in [0.2, 0.25) is 0 Å². The molecule has 5 rings (SSSR count). The van der Waals surface area contributed by atoms with E-state index in [1.807, 2.05) is 38.3 Å². The first-order chi connectivity index (χ1) is 16.7. The van der Waals surface area contributed by atoms with Crippen molar-refractivity contribution >= 4 is 28.3 Å². The third-order valence-corrected chi connectivity index (χ3v) is 8.29.